The van der Waals surface area contributed by atoms with Gasteiger partial charge in [0, 0.05) is 140 Å². The van der Waals surface area contributed by atoms with Crippen molar-refractivity contribution in [3.05, 3.63) is 236 Å². The molecule has 0 N–H and O–H groups in total. The largest absolute Gasteiger partial charge is 0.437 e. The lowest BCUT2D eigenvalue weighted by Crippen LogP contribution is -2.32. The highest BCUT2D eigenvalue weighted by molar-refractivity contribution is 6.12. The van der Waals surface area contributed by atoms with Gasteiger partial charge in [0.2, 0.25) is 45.6 Å². The van der Waals surface area contributed by atoms with Crippen LogP contribution in [0.3, 0.4) is 0 Å². The van der Waals surface area contributed by atoms with Crippen LogP contribution >= 0.6 is 0 Å². The molecule has 0 saturated carbocycles. The summed E-state index contributed by atoms with van der Waals surface area (Å²) in [6.45, 7) is 25.9. The van der Waals surface area contributed by atoms with Crippen LogP contribution in [0.5, 0.6) is 0 Å². The van der Waals surface area contributed by atoms with Crippen molar-refractivity contribution in [3.8, 4) is 45.0 Å². The molecule has 0 saturated heterocycles. The molecule has 0 amide bonds. The first-order valence-electron chi connectivity index (χ1n) is 47.9. The summed E-state index contributed by atoms with van der Waals surface area (Å²) < 4.78 is 195. The Kier molecular flexibility index (Phi) is 16.1. The van der Waals surface area contributed by atoms with Crippen LogP contribution < -0.4 is 18.3 Å². The molecule has 12 heteroatoms. The predicted octanol–water partition coefficient (Wildman–Crippen LogP) is 25.3. The third-order valence-electron chi connectivity index (χ3n) is 21.3. The van der Waals surface area contributed by atoms with E-state index in [-0.39, 0.29) is 16.7 Å². The molecular formula is C100H116N8O4+4. The Morgan fingerprint density at radius 2 is 0.509 bits per heavy atom. The van der Waals surface area contributed by atoms with Crippen LogP contribution in [0.15, 0.2) is 164 Å². The number of pyridine rings is 8. The maximum absolute atomic E-state index is 8.68. The summed E-state index contributed by atoms with van der Waals surface area (Å²) in [5, 5.41) is 7.13. The fourth-order valence-electron chi connectivity index (χ4n) is 15.1. The minimum Gasteiger partial charge on any atom is -0.437 e. The van der Waals surface area contributed by atoms with E-state index in [0.717, 1.165) is 121 Å². The normalized spacial score (nSPS) is 16.7. The van der Waals surface area contributed by atoms with Crippen LogP contribution in [0.1, 0.15) is 275 Å². The first kappa shape index (κ1) is 57.3. The zero-order valence-electron chi connectivity index (χ0n) is 89.1. The SMILES string of the molecule is [2H]C(C)(C)c1ccc2c(n1)oc1c(-c3cc(C)c(C([2H])(C)C([2H])([2H])[2H])c[n+]3C)c(C)ccc12.[2H]C(C)(C)c1ccc2c(n1)oc1c(-c3cc(C)c(C([2H])(C)C)c[n+]3C)c(C)ccc12.[2H]C([2H])([2H])c1c[n+](C)c(-c2c(C)ccc3c2oc2nc(C([2H])(C)C)ccc23)cc1C([2H])(C)C.[2H]C([2H])([2H])c1c[n+](C)c(-c2c(C)ccc3c2oc2nc(C([2H])(C)C)ccc23)cc1C([2H])(C)C([2H])([2H])[2H]. The Hall–Kier alpha value is -10.7. The predicted molar refractivity (Wildman–Crippen MR) is 463 cm³/mol. The van der Waals surface area contributed by atoms with Crippen LogP contribution in [0.25, 0.3) is 133 Å². The molecule has 16 rings (SSSR count). The van der Waals surface area contributed by atoms with E-state index in [1.807, 2.05) is 166 Å². The van der Waals surface area contributed by atoms with Crippen LogP contribution in [0.4, 0.5) is 0 Å². The van der Waals surface area contributed by atoms with Crippen LogP contribution in [-0.4, -0.2) is 19.9 Å². The smallest absolute Gasteiger partial charge is 0.227 e. The molecule has 0 radical (unpaired) electrons. The third kappa shape index (κ3) is 14.9. The van der Waals surface area contributed by atoms with Gasteiger partial charge in [0.1, 0.15) is 28.2 Å². The van der Waals surface area contributed by atoms with E-state index in [2.05, 4.69) is 62.7 Å². The summed E-state index contributed by atoms with van der Waals surface area (Å²) in [5.41, 5.74) is 21.3. The number of rotatable bonds is 12. The maximum atomic E-state index is 8.68. The second-order valence-electron chi connectivity index (χ2n) is 31.3. The van der Waals surface area contributed by atoms with Crippen LogP contribution in [0, 0.1) is 55.2 Å². The fourth-order valence-corrected chi connectivity index (χ4v) is 15.1. The van der Waals surface area contributed by atoms with Crippen LogP contribution in [0.2, 0.25) is 0 Å². The van der Waals surface area contributed by atoms with Gasteiger partial charge in [-0.1, -0.05) is 159 Å². The monoisotopic (exact) mass is 1510 g/mol. The van der Waals surface area contributed by atoms with Gasteiger partial charge in [0.25, 0.3) is 0 Å². The molecule has 16 aromatic rings. The minimum absolute atomic E-state index is 0.0838. The van der Waals surface area contributed by atoms with Gasteiger partial charge >= 0.3 is 0 Å². The van der Waals surface area contributed by atoms with Crippen molar-refractivity contribution in [1.82, 2.24) is 19.9 Å². The van der Waals surface area contributed by atoms with Crippen molar-refractivity contribution in [1.29, 1.82) is 0 Å². The highest BCUT2D eigenvalue weighted by Crippen LogP contribution is 2.43. The number of fused-ring (bicyclic) bond motifs is 12. The molecule has 0 aliphatic heterocycles. The van der Waals surface area contributed by atoms with Gasteiger partial charge in [0.15, 0.2) is 47.1 Å². The van der Waals surface area contributed by atoms with Gasteiger partial charge in [0.05, 0.1) is 22.3 Å². The number of benzene rings is 4. The van der Waals surface area contributed by atoms with E-state index in [9.17, 15) is 0 Å². The van der Waals surface area contributed by atoms with Gasteiger partial charge in [-0.3, -0.25) is 0 Å². The van der Waals surface area contributed by atoms with E-state index in [4.69, 9.17) is 45.1 Å². The molecule has 4 aromatic carbocycles. The Balaban J connectivity index is 0.000000150. The zero-order valence-corrected chi connectivity index (χ0v) is 69.1. The standard InChI is InChI=1S/4C25H29N2O/c2*1-14(2)20-12-22(27(7)13-17(20)6)23-16(5)8-9-18-19-10-11-21(15(3)4)26-25(19)28-24(18)23;2*1-14(2)20-13-27(7)22(12-17(20)6)23-16(5)8-9-18-19-10-11-21(15(3)4)26-25(19)28-24(18)23/h4*8-15H,1-7H3/q4*+1/i1D3,6D3,14D,15D;6D3,14D,15D;1D3,14D,15D;14D,15D. The summed E-state index contributed by atoms with van der Waals surface area (Å²) in [4.78, 5) is 18.4. The van der Waals surface area contributed by atoms with E-state index < -0.39 is 74.6 Å². The topological polar surface area (TPSA) is 120 Å². The first-order valence-corrected chi connectivity index (χ1v) is 37.9. The van der Waals surface area contributed by atoms with Gasteiger partial charge < -0.3 is 17.7 Å². The Bertz CT molecular complexity index is 7290. The quantitative estimate of drug-likeness (QED) is 0.111. The molecule has 0 aliphatic rings. The summed E-state index contributed by atoms with van der Waals surface area (Å²) in [7, 11) is 7.37. The molecule has 2 unspecified atom stereocenters. The lowest BCUT2D eigenvalue weighted by molar-refractivity contribution is -0.661. The highest BCUT2D eigenvalue weighted by atomic mass is 16.4. The second kappa shape index (κ2) is 31.4. The average molecular weight is 1510 g/mol. The fraction of sp³-hybridized carbons (Fsp3) is 0.360. The average Bonchev–Trinajstić information content (AvgIpc) is 1.43. The summed E-state index contributed by atoms with van der Waals surface area (Å²) in [6, 6.07) is 38.7. The summed E-state index contributed by atoms with van der Waals surface area (Å²) >= 11 is 0. The van der Waals surface area contributed by atoms with Gasteiger partial charge in [-0.2, -0.15) is 0 Å². The highest BCUT2D eigenvalue weighted by Gasteiger charge is 2.29. The van der Waals surface area contributed by atoms with E-state index in [1.165, 1.54) is 26.1 Å². The third-order valence-corrected chi connectivity index (χ3v) is 21.3. The molecule has 0 aliphatic carbocycles. The van der Waals surface area contributed by atoms with Crippen molar-refractivity contribution in [3.63, 3.8) is 0 Å². The van der Waals surface area contributed by atoms with Crippen molar-refractivity contribution < 1.29 is 63.4 Å². The van der Waals surface area contributed by atoms with Crippen molar-refractivity contribution in [2.24, 2.45) is 28.2 Å². The number of hydrogen-bond acceptors (Lipinski definition) is 8. The Morgan fingerprint density at radius 1 is 0.268 bits per heavy atom. The zero-order chi connectivity index (χ0) is 98.0. The molecule has 112 heavy (non-hydrogen) atoms. The number of furan rings is 4. The lowest BCUT2D eigenvalue weighted by Gasteiger charge is -2.12. The number of aryl methyl sites for hydroxylation is 12. The first-order chi connectivity index (χ1) is 60.4. The molecular weight excluding hydrogens is 1380 g/mol. The van der Waals surface area contributed by atoms with Crippen molar-refractivity contribution >= 4 is 88.3 Å². The molecule has 12 aromatic heterocycles. The van der Waals surface area contributed by atoms with E-state index >= 15 is 0 Å². The number of aromatic nitrogens is 8. The second-order valence-corrected chi connectivity index (χ2v) is 31.3. The Labute approximate surface area is 690 Å². The van der Waals surface area contributed by atoms with Crippen molar-refractivity contribution in [2.45, 2.75) is 213 Å². The molecule has 2 atom stereocenters. The molecule has 0 fully saturated rings. The van der Waals surface area contributed by atoms with E-state index in [1.54, 1.807) is 96.1 Å². The molecule has 12 heterocycles. The van der Waals surface area contributed by atoms with Gasteiger partial charge in [-0.15, -0.1) is 0 Å². The van der Waals surface area contributed by atoms with Gasteiger partial charge in [-0.05, 0) is 195 Å². The maximum Gasteiger partial charge on any atom is 0.227 e. The minimum atomic E-state index is -2.76. The molecule has 0 bridgehead atoms. The molecule has 12 nitrogen and oxygen atoms in total. The summed E-state index contributed by atoms with van der Waals surface area (Å²) in [5.74, 6) is -9.03. The van der Waals surface area contributed by atoms with Crippen molar-refractivity contribution in [2.75, 3.05) is 0 Å². The van der Waals surface area contributed by atoms with Crippen LogP contribution in [-0.2, 0) is 28.2 Å². The molecule has 0 spiro atoms. The Morgan fingerprint density at radius 3 is 0.768 bits per heavy atom. The number of hydrogen-bond donors (Lipinski definition) is 0. The number of nitrogens with zero attached hydrogens (tertiary/aromatic N) is 8. The van der Waals surface area contributed by atoms with E-state index in [0.29, 0.717) is 84.8 Å². The lowest BCUT2D eigenvalue weighted by atomic mass is 9.94. The summed E-state index contributed by atoms with van der Waals surface area (Å²) in [6.07, 6.45) is 6.78. The molecule has 576 valence electrons. The van der Waals surface area contributed by atoms with Gasteiger partial charge in [-0.25, -0.2) is 38.2 Å².